The third kappa shape index (κ3) is 1.31. The molecule has 15 heavy (non-hydrogen) atoms. The molecule has 0 aliphatic heterocycles. The lowest BCUT2D eigenvalue weighted by Crippen LogP contribution is -1.85. The summed E-state index contributed by atoms with van der Waals surface area (Å²) in [6.07, 6.45) is 3.22. The summed E-state index contributed by atoms with van der Waals surface area (Å²) < 4.78 is 0. The molecule has 3 heterocycles. The predicted molar refractivity (Wildman–Crippen MR) is 55.0 cm³/mol. The highest BCUT2D eigenvalue weighted by molar-refractivity contribution is 7.21. The summed E-state index contributed by atoms with van der Waals surface area (Å²) in [6.45, 7) is 0. The number of aromatic amines is 1. The summed E-state index contributed by atoms with van der Waals surface area (Å²) in [5.74, 6) is 0.738. The normalized spacial score (nSPS) is 10.9. The minimum atomic E-state index is 0.199. The first-order valence-electron chi connectivity index (χ1n) is 4.09. The van der Waals surface area contributed by atoms with Crippen molar-refractivity contribution in [2.24, 2.45) is 0 Å². The number of nitrogens with zero attached hydrogens (tertiary/aromatic N) is 5. The molecule has 0 amide bonds. The van der Waals surface area contributed by atoms with Gasteiger partial charge in [0, 0.05) is 12.4 Å². The molecular formula is C7H5N7S. The van der Waals surface area contributed by atoms with E-state index in [9.17, 15) is 0 Å². The van der Waals surface area contributed by atoms with Crippen LogP contribution >= 0.6 is 11.3 Å². The van der Waals surface area contributed by atoms with Gasteiger partial charge < -0.3 is 5.73 Å². The Morgan fingerprint density at radius 1 is 1.20 bits per heavy atom. The molecule has 3 N–H and O–H groups in total. The van der Waals surface area contributed by atoms with Crippen molar-refractivity contribution in [3.05, 3.63) is 12.4 Å². The molecule has 0 spiro atoms. The van der Waals surface area contributed by atoms with Crippen LogP contribution in [-0.4, -0.2) is 30.1 Å². The van der Waals surface area contributed by atoms with Crippen LogP contribution in [0.15, 0.2) is 12.4 Å². The van der Waals surface area contributed by atoms with Gasteiger partial charge in [0.05, 0.1) is 0 Å². The van der Waals surface area contributed by atoms with Gasteiger partial charge in [0.2, 0.25) is 5.95 Å². The van der Waals surface area contributed by atoms with Crippen LogP contribution in [0.5, 0.6) is 0 Å². The molecule has 0 aliphatic rings. The Balaban J connectivity index is 2.19. The van der Waals surface area contributed by atoms with E-state index in [0.29, 0.717) is 16.5 Å². The zero-order valence-corrected chi connectivity index (χ0v) is 8.19. The zero-order valence-electron chi connectivity index (χ0n) is 7.38. The van der Waals surface area contributed by atoms with Gasteiger partial charge in [-0.2, -0.15) is 4.98 Å². The van der Waals surface area contributed by atoms with Crippen molar-refractivity contribution in [3.8, 4) is 10.8 Å². The van der Waals surface area contributed by atoms with E-state index < -0.39 is 0 Å². The summed E-state index contributed by atoms with van der Waals surface area (Å²) in [7, 11) is 0. The van der Waals surface area contributed by atoms with Gasteiger partial charge in [-0.25, -0.2) is 15.0 Å². The first kappa shape index (κ1) is 8.24. The summed E-state index contributed by atoms with van der Waals surface area (Å²) in [5, 5.41) is 7.10. The predicted octanol–water partition coefficient (Wildman–Crippen LogP) is 0.454. The van der Waals surface area contributed by atoms with Crippen molar-refractivity contribution in [1.29, 1.82) is 0 Å². The van der Waals surface area contributed by atoms with Crippen LogP contribution in [0.3, 0.4) is 0 Å². The maximum Gasteiger partial charge on any atom is 0.239 e. The number of nitrogen functional groups attached to an aromatic ring is 1. The first-order valence-corrected chi connectivity index (χ1v) is 4.90. The summed E-state index contributed by atoms with van der Waals surface area (Å²) in [5.41, 5.74) is 6.01. The lowest BCUT2D eigenvalue weighted by molar-refractivity contribution is 1.10. The average Bonchev–Trinajstić information content (AvgIpc) is 2.82. The fourth-order valence-electron chi connectivity index (χ4n) is 1.15. The Morgan fingerprint density at radius 2 is 2.07 bits per heavy atom. The molecule has 0 bridgehead atoms. The lowest BCUT2D eigenvalue weighted by Gasteiger charge is -1.82. The Kier molecular flexibility index (Phi) is 1.62. The third-order valence-electron chi connectivity index (χ3n) is 1.75. The van der Waals surface area contributed by atoms with Crippen molar-refractivity contribution in [2.45, 2.75) is 0 Å². The molecule has 0 saturated carbocycles. The van der Waals surface area contributed by atoms with Gasteiger partial charge in [-0.15, -0.1) is 5.10 Å². The number of thiazole rings is 1. The Labute approximate surface area is 87.4 Å². The second-order valence-corrected chi connectivity index (χ2v) is 3.72. The zero-order chi connectivity index (χ0) is 10.3. The summed E-state index contributed by atoms with van der Waals surface area (Å²) >= 11 is 1.39. The Bertz CT molecular complexity index is 579. The van der Waals surface area contributed by atoms with Gasteiger partial charge in [-0.3, -0.25) is 5.10 Å². The smallest absolute Gasteiger partial charge is 0.239 e. The van der Waals surface area contributed by atoms with Gasteiger partial charge in [-0.05, 0) is 0 Å². The molecule has 0 aliphatic carbocycles. The lowest BCUT2D eigenvalue weighted by atomic mass is 10.6. The highest BCUT2D eigenvalue weighted by Gasteiger charge is 2.10. The molecule has 0 radical (unpaired) electrons. The van der Waals surface area contributed by atoms with Gasteiger partial charge in [0.15, 0.2) is 21.3 Å². The SMILES string of the molecule is Nc1n[nH]c(-c2nc3nccnc3s2)n1. The minimum absolute atomic E-state index is 0.199. The van der Waals surface area contributed by atoms with Crippen LogP contribution in [-0.2, 0) is 0 Å². The van der Waals surface area contributed by atoms with E-state index in [1.165, 1.54) is 11.3 Å². The standard InChI is InChI=1S/C7H5N7S/c8-7-12-4(13-14-7)6-11-3-5(15-6)10-2-1-9-3/h1-2H,(H3,8,12,13,14). The number of H-pyrrole nitrogens is 1. The van der Waals surface area contributed by atoms with Gasteiger partial charge in [-0.1, -0.05) is 11.3 Å². The molecule has 0 saturated heterocycles. The molecule has 3 rings (SSSR count). The van der Waals surface area contributed by atoms with Crippen LogP contribution < -0.4 is 5.73 Å². The number of rotatable bonds is 1. The van der Waals surface area contributed by atoms with Crippen LogP contribution in [0.4, 0.5) is 5.95 Å². The Morgan fingerprint density at radius 3 is 2.80 bits per heavy atom. The highest BCUT2D eigenvalue weighted by atomic mass is 32.1. The molecular weight excluding hydrogens is 214 g/mol. The van der Waals surface area contributed by atoms with E-state index in [-0.39, 0.29) is 5.95 Å². The second-order valence-electron chi connectivity index (χ2n) is 2.75. The number of hydrogen-bond donors (Lipinski definition) is 2. The van der Waals surface area contributed by atoms with Gasteiger partial charge in [0.1, 0.15) is 0 Å². The molecule has 0 unspecified atom stereocenters. The maximum absolute atomic E-state index is 5.40. The first-order chi connectivity index (χ1) is 7.33. The van der Waals surface area contributed by atoms with E-state index >= 15 is 0 Å². The van der Waals surface area contributed by atoms with E-state index in [0.717, 1.165) is 4.83 Å². The van der Waals surface area contributed by atoms with Crippen molar-refractivity contribution < 1.29 is 0 Å². The fraction of sp³-hybridized carbons (Fsp3) is 0. The second kappa shape index (κ2) is 2.95. The molecule has 0 atom stereocenters. The van der Waals surface area contributed by atoms with Crippen LogP contribution in [0.25, 0.3) is 21.3 Å². The van der Waals surface area contributed by atoms with Crippen LogP contribution in [0, 0.1) is 0 Å². The van der Waals surface area contributed by atoms with E-state index in [1.54, 1.807) is 12.4 Å². The van der Waals surface area contributed by atoms with Crippen LogP contribution in [0.2, 0.25) is 0 Å². The molecule has 74 valence electrons. The number of anilines is 1. The van der Waals surface area contributed by atoms with Crippen molar-refractivity contribution in [1.82, 2.24) is 30.1 Å². The van der Waals surface area contributed by atoms with E-state index in [2.05, 4.69) is 30.1 Å². The topological polar surface area (TPSA) is 106 Å². The molecule has 8 heteroatoms. The summed E-state index contributed by atoms with van der Waals surface area (Å²) in [4.78, 5) is 17.2. The van der Waals surface area contributed by atoms with Gasteiger partial charge in [0.25, 0.3) is 0 Å². The number of aromatic nitrogens is 6. The van der Waals surface area contributed by atoms with Gasteiger partial charge >= 0.3 is 0 Å². The third-order valence-corrected chi connectivity index (χ3v) is 2.71. The number of nitrogens with one attached hydrogen (secondary N) is 1. The molecule has 0 aromatic carbocycles. The average molecular weight is 219 g/mol. The largest absolute Gasteiger partial charge is 0.366 e. The monoisotopic (exact) mass is 219 g/mol. The number of nitrogens with two attached hydrogens (primary N) is 1. The molecule has 7 nitrogen and oxygen atoms in total. The van der Waals surface area contributed by atoms with E-state index in [4.69, 9.17) is 5.73 Å². The fourth-order valence-corrected chi connectivity index (χ4v) is 1.96. The minimum Gasteiger partial charge on any atom is -0.366 e. The highest BCUT2D eigenvalue weighted by Crippen LogP contribution is 2.24. The van der Waals surface area contributed by atoms with Crippen molar-refractivity contribution >= 4 is 27.8 Å². The van der Waals surface area contributed by atoms with Crippen molar-refractivity contribution in [2.75, 3.05) is 5.73 Å². The molecule has 3 aromatic heterocycles. The Hall–Kier alpha value is -2.09. The number of hydrogen-bond acceptors (Lipinski definition) is 7. The van der Waals surface area contributed by atoms with E-state index in [1.807, 2.05) is 0 Å². The quantitative estimate of drug-likeness (QED) is 0.615. The molecule has 3 aromatic rings. The maximum atomic E-state index is 5.40. The number of fused-ring (bicyclic) bond motifs is 1. The van der Waals surface area contributed by atoms with Crippen molar-refractivity contribution in [3.63, 3.8) is 0 Å². The summed E-state index contributed by atoms with van der Waals surface area (Å²) in [6, 6.07) is 0. The molecule has 0 fully saturated rings. The van der Waals surface area contributed by atoms with Crippen LogP contribution in [0.1, 0.15) is 0 Å².